The Hall–Kier alpha value is -4.18. The Bertz CT molecular complexity index is 1370. The van der Waals surface area contributed by atoms with Crippen LogP contribution in [0, 0.1) is 13.8 Å². The molecule has 200 valence electrons. The highest BCUT2D eigenvalue weighted by Crippen LogP contribution is 2.24. The maximum atomic E-state index is 12.4. The van der Waals surface area contributed by atoms with Crippen molar-refractivity contribution in [2.24, 2.45) is 5.10 Å². The van der Waals surface area contributed by atoms with Gasteiger partial charge < -0.3 is 10.1 Å². The number of rotatable bonds is 12. The summed E-state index contributed by atoms with van der Waals surface area (Å²) in [6.07, 6.45) is 3.24. The molecule has 0 atom stereocenters. The van der Waals surface area contributed by atoms with Gasteiger partial charge in [-0.2, -0.15) is 5.10 Å². The number of nitrogens with zero attached hydrogens (tertiary/aromatic N) is 2. The van der Waals surface area contributed by atoms with Gasteiger partial charge >= 0.3 is 0 Å². The molecule has 3 rings (SSSR count). The van der Waals surface area contributed by atoms with Crippen LogP contribution in [-0.2, 0) is 26.0 Å². The van der Waals surface area contributed by atoms with Crippen LogP contribution < -0.4 is 19.8 Å². The molecule has 0 aliphatic carbocycles. The van der Waals surface area contributed by atoms with Gasteiger partial charge in [-0.15, -0.1) is 0 Å². The molecule has 0 spiro atoms. The van der Waals surface area contributed by atoms with E-state index in [1.165, 1.54) is 6.21 Å². The van der Waals surface area contributed by atoms with E-state index in [4.69, 9.17) is 4.74 Å². The average molecular weight is 537 g/mol. The van der Waals surface area contributed by atoms with E-state index < -0.39 is 22.5 Å². The van der Waals surface area contributed by atoms with Gasteiger partial charge in [0.15, 0.2) is 6.61 Å². The normalized spacial score (nSPS) is 11.2. The second-order valence-corrected chi connectivity index (χ2v) is 10.6. The smallest absolute Gasteiger partial charge is 0.260 e. The van der Waals surface area contributed by atoms with Crippen LogP contribution in [-0.4, -0.2) is 52.4 Å². The lowest BCUT2D eigenvalue weighted by molar-refractivity contribution is -0.123. The molecule has 0 aliphatic heterocycles. The summed E-state index contributed by atoms with van der Waals surface area (Å²) >= 11 is 0. The first-order chi connectivity index (χ1) is 18.1. The summed E-state index contributed by atoms with van der Waals surface area (Å²) in [6, 6.07) is 22.0. The number of hydrazone groups is 1. The second-order valence-electron chi connectivity index (χ2n) is 8.73. The molecule has 0 fully saturated rings. The Balaban J connectivity index is 1.46. The minimum absolute atomic E-state index is 0.102. The third-order valence-electron chi connectivity index (χ3n) is 5.76. The quantitative estimate of drug-likeness (QED) is 0.273. The number of hydrogen-bond acceptors (Lipinski definition) is 6. The van der Waals surface area contributed by atoms with Crippen molar-refractivity contribution in [2.75, 3.05) is 30.3 Å². The molecule has 0 unspecified atom stereocenters. The number of amides is 2. The fourth-order valence-electron chi connectivity index (χ4n) is 3.57. The molecule has 0 heterocycles. The number of nitrogens with one attached hydrogen (secondary N) is 2. The standard InChI is InChI=1S/C28H32N4O5S/c1-21-8-7-11-26(22(21)2)32(38(3,35)36)19-27(33)31-30-18-24-12-14-25(15-13-24)37-20-28(34)29-17-16-23-9-5-4-6-10-23/h4-15,18H,16-17,19-20H2,1-3H3,(H,29,34)(H,31,33)/b30-18-. The zero-order valence-corrected chi connectivity index (χ0v) is 22.5. The zero-order valence-electron chi connectivity index (χ0n) is 21.7. The molecule has 9 nitrogen and oxygen atoms in total. The van der Waals surface area contributed by atoms with Crippen LogP contribution in [0.15, 0.2) is 77.9 Å². The number of anilines is 1. The summed E-state index contributed by atoms with van der Waals surface area (Å²) in [5, 5.41) is 6.75. The Kier molecular flexibility index (Phi) is 10.0. The molecule has 0 aliphatic rings. The summed E-state index contributed by atoms with van der Waals surface area (Å²) in [5.74, 6) is -0.272. The molecule has 2 amide bonds. The lowest BCUT2D eigenvalue weighted by Crippen LogP contribution is -2.39. The van der Waals surface area contributed by atoms with Crippen molar-refractivity contribution in [1.29, 1.82) is 0 Å². The van der Waals surface area contributed by atoms with Crippen molar-refractivity contribution in [3.63, 3.8) is 0 Å². The van der Waals surface area contributed by atoms with Crippen LogP contribution in [0.1, 0.15) is 22.3 Å². The van der Waals surface area contributed by atoms with Crippen molar-refractivity contribution in [3.8, 4) is 5.75 Å². The van der Waals surface area contributed by atoms with E-state index >= 15 is 0 Å². The molecular weight excluding hydrogens is 504 g/mol. The van der Waals surface area contributed by atoms with Gasteiger partial charge in [-0.3, -0.25) is 13.9 Å². The second kappa shape index (κ2) is 13.4. The number of carbonyl (C=O) groups is 2. The topological polar surface area (TPSA) is 117 Å². The lowest BCUT2D eigenvalue weighted by atomic mass is 10.1. The molecule has 3 aromatic rings. The highest BCUT2D eigenvalue weighted by molar-refractivity contribution is 7.92. The SMILES string of the molecule is Cc1cccc(N(CC(=O)N/N=C\c2ccc(OCC(=O)NCCc3ccccc3)cc2)S(C)(=O)=O)c1C. The summed E-state index contributed by atoms with van der Waals surface area (Å²) in [4.78, 5) is 24.4. The van der Waals surface area contributed by atoms with E-state index in [1.54, 1.807) is 36.4 Å². The molecule has 0 saturated carbocycles. The molecule has 0 aromatic heterocycles. The van der Waals surface area contributed by atoms with Gasteiger partial charge in [0.05, 0.1) is 18.2 Å². The maximum absolute atomic E-state index is 12.4. The highest BCUT2D eigenvalue weighted by Gasteiger charge is 2.22. The van der Waals surface area contributed by atoms with E-state index in [0.717, 1.165) is 33.7 Å². The van der Waals surface area contributed by atoms with Gasteiger partial charge in [-0.1, -0.05) is 42.5 Å². The molecule has 38 heavy (non-hydrogen) atoms. The molecule has 2 N–H and O–H groups in total. The maximum Gasteiger partial charge on any atom is 0.260 e. The van der Waals surface area contributed by atoms with Crippen LogP contribution in [0.3, 0.4) is 0 Å². The molecular formula is C28H32N4O5S. The minimum atomic E-state index is -3.69. The van der Waals surface area contributed by atoms with Gasteiger partial charge in [0.1, 0.15) is 12.3 Å². The van der Waals surface area contributed by atoms with Gasteiger partial charge in [-0.05, 0) is 72.9 Å². The Labute approximate surface area is 223 Å². The van der Waals surface area contributed by atoms with Crippen LogP contribution >= 0.6 is 0 Å². The molecule has 0 saturated heterocycles. The fourth-order valence-corrected chi connectivity index (χ4v) is 4.48. The van der Waals surface area contributed by atoms with Gasteiger partial charge in [0.25, 0.3) is 11.8 Å². The summed E-state index contributed by atoms with van der Waals surface area (Å²) < 4.78 is 31.2. The predicted molar refractivity (Wildman–Crippen MR) is 149 cm³/mol. The molecule has 10 heteroatoms. The lowest BCUT2D eigenvalue weighted by Gasteiger charge is -2.23. The van der Waals surface area contributed by atoms with E-state index in [1.807, 2.05) is 50.2 Å². The van der Waals surface area contributed by atoms with Crippen molar-refractivity contribution < 1.29 is 22.7 Å². The van der Waals surface area contributed by atoms with Crippen molar-refractivity contribution in [1.82, 2.24) is 10.7 Å². The number of aryl methyl sites for hydroxylation is 1. The largest absolute Gasteiger partial charge is 0.484 e. The van der Waals surface area contributed by atoms with Crippen LogP contribution in [0.2, 0.25) is 0 Å². The molecule has 3 aromatic carbocycles. The average Bonchev–Trinajstić information content (AvgIpc) is 2.89. The van der Waals surface area contributed by atoms with Crippen LogP contribution in [0.25, 0.3) is 0 Å². The zero-order chi connectivity index (χ0) is 27.5. The third-order valence-corrected chi connectivity index (χ3v) is 6.89. The van der Waals surface area contributed by atoms with Gasteiger partial charge in [-0.25, -0.2) is 13.8 Å². The summed E-state index contributed by atoms with van der Waals surface area (Å²) in [7, 11) is -3.69. The first kappa shape index (κ1) is 28.4. The monoisotopic (exact) mass is 536 g/mol. The Morgan fingerprint density at radius 2 is 1.66 bits per heavy atom. The Morgan fingerprint density at radius 1 is 0.947 bits per heavy atom. The fraction of sp³-hybridized carbons (Fsp3) is 0.250. The van der Waals surface area contributed by atoms with E-state index in [-0.39, 0.29) is 12.5 Å². The molecule has 0 radical (unpaired) electrons. The summed E-state index contributed by atoms with van der Waals surface area (Å²) in [6.45, 7) is 3.71. The summed E-state index contributed by atoms with van der Waals surface area (Å²) in [5.41, 5.74) is 6.35. The third kappa shape index (κ3) is 8.74. The Morgan fingerprint density at radius 3 is 2.34 bits per heavy atom. The number of sulfonamides is 1. The van der Waals surface area contributed by atoms with Crippen molar-refractivity contribution in [3.05, 3.63) is 95.1 Å². The number of carbonyl (C=O) groups excluding carboxylic acids is 2. The van der Waals surface area contributed by atoms with Crippen LogP contribution in [0.4, 0.5) is 5.69 Å². The first-order valence-electron chi connectivity index (χ1n) is 12.0. The van der Waals surface area contributed by atoms with Crippen molar-refractivity contribution >= 4 is 33.7 Å². The minimum Gasteiger partial charge on any atom is -0.484 e. The van der Waals surface area contributed by atoms with E-state index in [0.29, 0.717) is 23.5 Å². The molecule has 0 bridgehead atoms. The number of hydrogen-bond donors (Lipinski definition) is 2. The van der Waals surface area contributed by atoms with E-state index in [2.05, 4.69) is 15.8 Å². The van der Waals surface area contributed by atoms with Gasteiger partial charge in [0, 0.05) is 6.54 Å². The number of benzene rings is 3. The first-order valence-corrected chi connectivity index (χ1v) is 13.9. The van der Waals surface area contributed by atoms with Crippen molar-refractivity contribution in [2.45, 2.75) is 20.3 Å². The highest BCUT2D eigenvalue weighted by atomic mass is 32.2. The predicted octanol–water partition coefficient (Wildman–Crippen LogP) is 2.96. The van der Waals surface area contributed by atoms with Gasteiger partial charge in [0.2, 0.25) is 10.0 Å². The number of ether oxygens (including phenoxy) is 1. The van der Waals surface area contributed by atoms with Crippen LogP contribution in [0.5, 0.6) is 5.75 Å². The van der Waals surface area contributed by atoms with E-state index in [9.17, 15) is 18.0 Å².